The van der Waals surface area contributed by atoms with E-state index in [2.05, 4.69) is 34.7 Å². The number of fused-ring (bicyclic) bond motifs is 1. The fraction of sp³-hybridized carbons (Fsp3) is 0.667. The highest BCUT2D eigenvalue weighted by atomic mass is 16.6. The molecular weight excluding hydrogens is 668 g/mol. The number of esters is 1. The number of nitrogens with one attached hydrogen (secondary N) is 1. The Morgan fingerprint density at radius 3 is 2.10 bits per heavy atom. The van der Waals surface area contributed by atoms with Gasteiger partial charge in [-0.15, -0.1) is 0 Å². The van der Waals surface area contributed by atoms with E-state index in [1.165, 1.54) is 18.4 Å². The van der Waals surface area contributed by atoms with Gasteiger partial charge in [0.05, 0.1) is 71.6 Å². The Morgan fingerprint density at radius 1 is 0.769 bits per heavy atom. The molecule has 1 unspecified atom stereocenters. The van der Waals surface area contributed by atoms with Gasteiger partial charge >= 0.3 is 5.97 Å². The minimum atomic E-state index is -0.380. The van der Waals surface area contributed by atoms with Crippen molar-refractivity contribution in [3.05, 3.63) is 53.6 Å². The Bertz CT molecular complexity index is 1270. The summed E-state index contributed by atoms with van der Waals surface area (Å²) in [6.45, 7) is 11.1. The van der Waals surface area contributed by atoms with Crippen LogP contribution in [0.3, 0.4) is 0 Å². The Balaban J connectivity index is 1.03. The third-order valence-electron chi connectivity index (χ3n) is 8.47. The summed E-state index contributed by atoms with van der Waals surface area (Å²) < 4.78 is 45.4. The summed E-state index contributed by atoms with van der Waals surface area (Å²) >= 11 is 0. The van der Waals surface area contributed by atoms with Crippen molar-refractivity contribution < 1.29 is 42.7 Å². The maximum Gasteiger partial charge on any atom is 0.338 e. The molecule has 2 aromatic carbocycles. The molecule has 0 spiro atoms. The van der Waals surface area contributed by atoms with Crippen molar-refractivity contribution in [2.24, 2.45) is 10.3 Å². The fourth-order valence-electron chi connectivity index (χ4n) is 5.52. The third kappa shape index (κ3) is 17.4. The van der Waals surface area contributed by atoms with Gasteiger partial charge in [0.1, 0.15) is 31.6 Å². The summed E-state index contributed by atoms with van der Waals surface area (Å²) in [6, 6.07) is 13.4. The first-order valence-corrected chi connectivity index (χ1v) is 19.2. The molecule has 0 amide bonds. The molecule has 0 aromatic heterocycles. The number of carbonyl (C=O) groups is 1. The Kier molecular flexibility index (Phi) is 20.9. The van der Waals surface area contributed by atoms with Crippen LogP contribution in [0.2, 0.25) is 0 Å². The van der Waals surface area contributed by atoms with Crippen molar-refractivity contribution in [2.45, 2.75) is 70.9 Å². The zero-order valence-corrected chi connectivity index (χ0v) is 31.1. The van der Waals surface area contributed by atoms with Crippen molar-refractivity contribution >= 4 is 5.97 Å². The highest BCUT2D eigenvalue weighted by Crippen LogP contribution is 2.29. The topological polar surface area (TPSA) is 131 Å². The predicted octanol–water partition coefficient (Wildman–Crippen LogP) is 6.04. The molecule has 2 aliphatic rings. The molecule has 0 saturated carbocycles. The van der Waals surface area contributed by atoms with E-state index in [4.69, 9.17) is 37.9 Å². The van der Waals surface area contributed by atoms with E-state index in [-0.39, 0.29) is 12.0 Å². The van der Waals surface area contributed by atoms with Crippen molar-refractivity contribution in [3.8, 4) is 17.2 Å². The quantitative estimate of drug-likeness (QED) is 0.142. The van der Waals surface area contributed by atoms with Gasteiger partial charge in [0, 0.05) is 13.1 Å². The molecule has 52 heavy (non-hydrogen) atoms. The molecule has 13 nitrogen and oxygen atoms in total. The summed E-state index contributed by atoms with van der Waals surface area (Å²) in [7, 11) is 0. The Labute approximate surface area is 309 Å². The summed E-state index contributed by atoms with van der Waals surface area (Å²) in [4.78, 5) is 12.8. The van der Waals surface area contributed by atoms with E-state index in [1.807, 2.05) is 17.1 Å². The number of ether oxygens (including phenoxy) is 8. The lowest BCUT2D eigenvalue weighted by atomic mass is 10.1. The minimum Gasteiger partial charge on any atom is -0.491 e. The van der Waals surface area contributed by atoms with Crippen molar-refractivity contribution in [1.29, 1.82) is 0 Å². The molecule has 0 aliphatic carbocycles. The van der Waals surface area contributed by atoms with Gasteiger partial charge in [0.15, 0.2) is 11.5 Å². The molecule has 2 aromatic rings. The van der Waals surface area contributed by atoms with Crippen LogP contribution in [0, 0.1) is 0 Å². The summed E-state index contributed by atoms with van der Waals surface area (Å²) in [5.41, 5.74) is 1.68. The first-order valence-electron chi connectivity index (χ1n) is 19.2. The maximum atomic E-state index is 12.8. The highest BCUT2D eigenvalue weighted by Gasteiger charge is 2.19. The molecule has 4 rings (SSSR count). The average Bonchev–Trinajstić information content (AvgIpc) is 3.62. The van der Waals surface area contributed by atoms with Crippen molar-refractivity contribution in [1.82, 2.24) is 10.3 Å². The standard InChI is InChI=1S/C39H60N4O9/c1-2-3-16-40-30-33-10-13-36(14-11-33)52-32-35-31-43(42-41-35)17-8-6-4-5-7-9-18-51-39(44)34-12-15-37-38(29-34)50-28-26-48-24-22-46-20-19-45-21-23-47-25-27-49-37/h10-15,29,35,40H,2-9,16-28,30-32H2,1H3. The van der Waals surface area contributed by atoms with Gasteiger partial charge in [-0.1, -0.05) is 56.4 Å². The number of nitrogens with zero attached hydrogens (tertiary/aromatic N) is 3. The second kappa shape index (κ2) is 26.3. The van der Waals surface area contributed by atoms with Crippen LogP contribution in [-0.4, -0.2) is 116 Å². The zero-order chi connectivity index (χ0) is 36.3. The van der Waals surface area contributed by atoms with E-state index >= 15 is 0 Å². The molecule has 1 atom stereocenters. The van der Waals surface area contributed by atoms with Gasteiger partial charge in [-0.05, 0) is 61.7 Å². The molecule has 1 N–H and O–H groups in total. The number of unbranched alkanes of at least 4 members (excludes halogenated alkanes) is 6. The van der Waals surface area contributed by atoms with Gasteiger partial charge in [0.25, 0.3) is 0 Å². The van der Waals surface area contributed by atoms with E-state index < -0.39 is 0 Å². The van der Waals surface area contributed by atoms with Crippen LogP contribution in [-0.2, 0) is 30.2 Å². The van der Waals surface area contributed by atoms with Gasteiger partial charge in [-0.3, -0.25) is 5.01 Å². The lowest BCUT2D eigenvalue weighted by molar-refractivity contribution is -0.00842. The third-order valence-corrected chi connectivity index (χ3v) is 8.47. The molecule has 0 bridgehead atoms. The van der Waals surface area contributed by atoms with Crippen LogP contribution < -0.4 is 19.5 Å². The molecule has 0 fully saturated rings. The van der Waals surface area contributed by atoms with E-state index in [0.717, 1.165) is 70.5 Å². The number of hydrogen-bond donors (Lipinski definition) is 1. The van der Waals surface area contributed by atoms with E-state index in [0.29, 0.717) is 96.3 Å². The lowest BCUT2D eigenvalue weighted by Gasteiger charge is -2.15. The van der Waals surface area contributed by atoms with Crippen LogP contribution in [0.5, 0.6) is 17.2 Å². The first-order chi connectivity index (χ1) is 25.7. The summed E-state index contributed by atoms with van der Waals surface area (Å²) in [5.74, 6) is 1.48. The molecule has 13 heteroatoms. The second-order valence-corrected chi connectivity index (χ2v) is 12.8. The van der Waals surface area contributed by atoms with Crippen LogP contribution in [0.15, 0.2) is 52.8 Å². The number of rotatable bonds is 18. The van der Waals surface area contributed by atoms with Crippen molar-refractivity contribution in [2.75, 3.05) is 98.9 Å². The van der Waals surface area contributed by atoms with Crippen LogP contribution in [0.1, 0.15) is 74.2 Å². The summed E-state index contributed by atoms with van der Waals surface area (Å²) in [5, 5.41) is 14.3. The number of carbonyl (C=O) groups excluding carboxylic acids is 1. The monoisotopic (exact) mass is 728 g/mol. The number of hydrogen-bond acceptors (Lipinski definition) is 13. The molecule has 0 saturated heterocycles. The van der Waals surface area contributed by atoms with E-state index in [1.54, 1.807) is 18.2 Å². The lowest BCUT2D eigenvalue weighted by Crippen LogP contribution is -2.26. The molecule has 290 valence electrons. The molecule has 2 heterocycles. The van der Waals surface area contributed by atoms with Gasteiger partial charge in [0.2, 0.25) is 0 Å². The van der Waals surface area contributed by atoms with Crippen LogP contribution in [0.4, 0.5) is 0 Å². The van der Waals surface area contributed by atoms with Gasteiger partial charge < -0.3 is 43.2 Å². The fourth-order valence-corrected chi connectivity index (χ4v) is 5.52. The second-order valence-electron chi connectivity index (χ2n) is 12.8. The van der Waals surface area contributed by atoms with Gasteiger partial charge in [-0.25, -0.2) is 4.79 Å². The maximum absolute atomic E-state index is 12.8. The Hall–Kier alpha value is -3.49. The zero-order valence-electron chi connectivity index (χ0n) is 31.1. The molecule has 0 radical (unpaired) electrons. The van der Waals surface area contributed by atoms with E-state index in [9.17, 15) is 4.79 Å². The Morgan fingerprint density at radius 2 is 1.40 bits per heavy atom. The predicted molar refractivity (Wildman–Crippen MR) is 197 cm³/mol. The molecular formula is C39H60N4O9. The van der Waals surface area contributed by atoms with Crippen LogP contribution in [0.25, 0.3) is 0 Å². The minimum absolute atomic E-state index is 0.0626. The largest absolute Gasteiger partial charge is 0.491 e. The average molecular weight is 729 g/mol. The first kappa shape index (κ1) is 41.3. The molecule has 2 aliphatic heterocycles. The summed E-state index contributed by atoms with van der Waals surface area (Å²) in [6.07, 6.45) is 8.66. The highest BCUT2D eigenvalue weighted by molar-refractivity contribution is 5.90. The van der Waals surface area contributed by atoms with Gasteiger partial charge in [-0.2, -0.15) is 5.11 Å². The van der Waals surface area contributed by atoms with Crippen LogP contribution >= 0.6 is 0 Å². The van der Waals surface area contributed by atoms with Crippen molar-refractivity contribution in [3.63, 3.8) is 0 Å². The number of benzene rings is 2. The SMILES string of the molecule is CCCCNCc1ccc(OCC2CN(CCCCCCCCOC(=O)c3ccc4c(c3)OCCOCCOCCOCCOCCO4)N=N2)cc1. The smallest absolute Gasteiger partial charge is 0.338 e. The normalized spacial score (nSPS) is 17.7.